The number of rotatable bonds is 1. The van der Waals surface area contributed by atoms with E-state index in [-0.39, 0.29) is 5.54 Å². The van der Waals surface area contributed by atoms with Gasteiger partial charge in [0, 0.05) is 31.2 Å². The third kappa shape index (κ3) is 2.32. The SMILES string of the molecule is CC1(N2CCN3CCCCC3C2)CCS(=O)(=O)C1. The van der Waals surface area contributed by atoms with Gasteiger partial charge < -0.3 is 0 Å². The Balaban J connectivity index is 1.70. The smallest absolute Gasteiger partial charge is 0.152 e. The van der Waals surface area contributed by atoms with Crippen molar-refractivity contribution in [3.63, 3.8) is 0 Å². The second-order valence-electron chi connectivity index (χ2n) is 6.47. The lowest BCUT2D eigenvalue weighted by Gasteiger charge is -2.49. The van der Waals surface area contributed by atoms with E-state index >= 15 is 0 Å². The summed E-state index contributed by atoms with van der Waals surface area (Å²) in [4.78, 5) is 5.07. The van der Waals surface area contributed by atoms with Crippen molar-refractivity contribution in [3.8, 4) is 0 Å². The van der Waals surface area contributed by atoms with E-state index in [0.29, 0.717) is 17.5 Å². The van der Waals surface area contributed by atoms with Crippen LogP contribution in [0.4, 0.5) is 0 Å². The van der Waals surface area contributed by atoms with Crippen LogP contribution in [0.5, 0.6) is 0 Å². The summed E-state index contributed by atoms with van der Waals surface area (Å²) in [7, 11) is -2.79. The molecule has 0 aromatic carbocycles. The number of piperazine rings is 1. The number of sulfone groups is 1. The van der Waals surface area contributed by atoms with Crippen molar-refractivity contribution in [2.45, 2.75) is 44.2 Å². The Morgan fingerprint density at radius 1 is 1.17 bits per heavy atom. The Morgan fingerprint density at radius 3 is 2.72 bits per heavy atom. The molecule has 18 heavy (non-hydrogen) atoms. The topological polar surface area (TPSA) is 40.6 Å². The highest BCUT2D eigenvalue weighted by Crippen LogP contribution is 2.32. The predicted octanol–water partition coefficient (Wildman–Crippen LogP) is 0.734. The van der Waals surface area contributed by atoms with Crippen LogP contribution in [-0.2, 0) is 9.84 Å². The Kier molecular flexibility index (Phi) is 3.19. The maximum atomic E-state index is 11.7. The Bertz CT molecular complexity index is 423. The average Bonchev–Trinajstić information content (AvgIpc) is 2.64. The molecule has 5 heteroatoms. The predicted molar refractivity (Wildman–Crippen MR) is 72.5 cm³/mol. The number of fused-ring (bicyclic) bond motifs is 1. The van der Waals surface area contributed by atoms with E-state index in [9.17, 15) is 8.42 Å². The lowest BCUT2D eigenvalue weighted by atomic mass is 9.93. The van der Waals surface area contributed by atoms with E-state index in [0.717, 1.165) is 26.1 Å². The van der Waals surface area contributed by atoms with Gasteiger partial charge in [0.15, 0.2) is 9.84 Å². The lowest BCUT2D eigenvalue weighted by Crippen LogP contribution is -2.61. The maximum absolute atomic E-state index is 11.7. The highest BCUT2D eigenvalue weighted by atomic mass is 32.2. The van der Waals surface area contributed by atoms with Crippen molar-refractivity contribution < 1.29 is 8.42 Å². The van der Waals surface area contributed by atoms with Crippen LogP contribution >= 0.6 is 0 Å². The van der Waals surface area contributed by atoms with Crippen LogP contribution in [0.2, 0.25) is 0 Å². The summed E-state index contributed by atoms with van der Waals surface area (Å²) in [6, 6.07) is 0.674. The third-order valence-electron chi connectivity index (χ3n) is 5.08. The van der Waals surface area contributed by atoms with Crippen LogP contribution in [0.25, 0.3) is 0 Å². The van der Waals surface area contributed by atoms with Crippen LogP contribution in [0.1, 0.15) is 32.6 Å². The normalized spacial score (nSPS) is 41.7. The van der Waals surface area contributed by atoms with E-state index in [2.05, 4.69) is 16.7 Å². The van der Waals surface area contributed by atoms with Gasteiger partial charge in [-0.3, -0.25) is 9.80 Å². The fourth-order valence-corrected chi connectivity index (χ4v) is 6.06. The van der Waals surface area contributed by atoms with Crippen LogP contribution < -0.4 is 0 Å². The van der Waals surface area contributed by atoms with Crippen molar-refractivity contribution in [1.29, 1.82) is 0 Å². The molecule has 0 bridgehead atoms. The minimum atomic E-state index is -2.79. The zero-order chi connectivity index (χ0) is 12.8. The molecule has 3 aliphatic heterocycles. The summed E-state index contributed by atoms with van der Waals surface area (Å²) < 4.78 is 23.5. The molecule has 0 radical (unpaired) electrons. The van der Waals surface area contributed by atoms with Crippen molar-refractivity contribution >= 4 is 9.84 Å². The molecule has 0 aromatic rings. The standard InChI is InChI=1S/C13H24N2O2S/c1-13(5-9-18(16,17)11-13)15-8-7-14-6-3-2-4-12(14)10-15/h12H,2-11H2,1H3. The van der Waals surface area contributed by atoms with Gasteiger partial charge in [-0.25, -0.2) is 8.42 Å². The molecule has 4 nitrogen and oxygen atoms in total. The monoisotopic (exact) mass is 272 g/mol. The molecular formula is C13H24N2O2S. The van der Waals surface area contributed by atoms with Gasteiger partial charge in [-0.15, -0.1) is 0 Å². The summed E-state index contributed by atoms with van der Waals surface area (Å²) in [6.07, 6.45) is 4.79. The third-order valence-corrected chi connectivity index (χ3v) is 6.97. The van der Waals surface area contributed by atoms with E-state index in [1.165, 1.54) is 25.8 Å². The van der Waals surface area contributed by atoms with Gasteiger partial charge in [0.1, 0.15) is 0 Å². The summed E-state index contributed by atoms with van der Waals surface area (Å²) in [6.45, 7) is 6.64. The first-order valence-corrected chi connectivity index (χ1v) is 9.00. The summed E-state index contributed by atoms with van der Waals surface area (Å²) in [5.74, 6) is 0.751. The fourth-order valence-electron chi connectivity index (χ4n) is 3.89. The molecule has 0 amide bonds. The molecule has 3 aliphatic rings. The van der Waals surface area contributed by atoms with Crippen LogP contribution in [0, 0.1) is 0 Å². The molecule has 104 valence electrons. The minimum absolute atomic E-state index is 0.0949. The van der Waals surface area contributed by atoms with E-state index in [4.69, 9.17) is 0 Å². The van der Waals surface area contributed by atoms with Gasteiger partial charge in [-0.2, -0.15) is 0 Å². The van der Waals surface area contributed by atoms with E-state index < -0.39 is 9.84 Å². The molecule has 0 saturated carbocycles. The lowest BCUT2D eigenvalue weighted by molar-refractivity contribution is 0.00188. The molecule has 0 spiro atoms. The second kappa shape index (κ2) is 4.46. The summed E-state index contributed by atoms with van der Waals surface area (Å²) >= 11 is 0. The molecule has 0 aliphatic carbocycles. The van der Waals surface area contributed by atoms with Crippen molar-refractivity contribution in [2.24, 2.45) is 0 Å². The van der Waals surface area contributed by atoms with Gasteiger partial charge >= 0.3 is 0 Å². The molecule has 2 unspecified atom stereocenters. The number of hydrogen-bond donors (Lipinski definition) is 0. The van der Waals surface area contributed by atoms with Crippen LogP contribution in [-0.4, -0.2) is 67.5 Å². The first-order valence-electron chi connectivity index (χ1n) is 7.18. The molecule has 3 heterocycles. The molecule has 3 saturated heterocycles. The first-order chi connectivity index (χ1) is 8.49. The zero-order valence-electron chi connectivity index (χ0n) is 11.3. The minimum Gasteiger partial charge on any atom is -0.298 e. The quantitative estimate of drug-likeness (QED) is 0.706. The molecule has 3 rings (SSSR count). The number of nitrogens with zero attached hydrogens (tertiary/aromatic N) is 2. The van der Waals surface area contributed by atoms with Gasteiger partial charge in [0.05, 0.1) is 11.5 Å². The van der Waals surface area contributed by atoms with Crippen molar-refractivity contribution in [2.75, 3.05) is 37.7 Å². The Morgan fingerprint density at radius 2 is 2.00 bits per heavy atom. The molecule has 0 aromatic heterocycles. The molecule has 3 fully saturated rings. The summed E-state index contributed by atoms with van der Waals surface area (Å²) in [5, 5.41) is 0. The molecule has 0 N–H and O–H groups in total. The Labute approximate surface area is 110 Å². The first kappa shape index (κ1) is 12.9. The fraction of sp³-hybridized carbons (Fsp3) is 1.00. The number of piperidine rings is 1. The average molecular weight is 272 g/mol. The Hall–Kier alpha value is -0.130. The second-order valence-corrected chi connectivity index (χ2v) is 8.65. The van der Waals surface area contributed by atoms with Gasteiger partial charge in [0.2, 0.25) is 0 Å². The highest BCUT2D eigenvalue weighted by Gasteiger charge is 2.45. The number of hydrogen-bond acceptors (Lipinski definition) is 4. The summed E-state index contributed by atoms with van der Waals surface area (Å²) in [5.41, 5.74) is -0.0949. The highest BCUT2D eigenvalue weighted by molar-refractivity contribution is 7.91. The van der Waals surface area contributed by atoms with Crippen LogP contribution in [0.3, 0.4) is 0 Å². The van der Waals surface area contributed by atoms with Gasteiger partial charge in [0.25, 0.3) is 0 Å². The van der Waals surface area contributed by atoms with Gasteiger partial charge in [-0.05, 0) is 32.7 Å². The molecular weight excluding hydrogens is 248 g/mol. The van der Waals surface area contributed by atoms with Crippen molar-refractivity contribution in [1.82, 2.24) is 9.80 Å². The van der Waals surface area contributed by atoms with E-state index in [1.54, 1.807) is 0 Å². The van der Waals surface area contributed by atoms with E-state index in [1.807, 2.05) is 0 Å². The van der Waals surface area contributed by atoms with Crippen molar-refractivity contribution in [3.05, 3.63) is 0 Å². The molecule has 2 atom stereocenters. The van der Waals surface area contributed by atoms with Crippen LogP contribution in [0.15, 0.2) is 0 Å². The maximum Gasteiger partial charge on any atom is 0.152 e. The largest absolute Gasteiger partial charge is 0.298 e. The van der Waals surface area contributed by atoms with Gasteiger partial charge in [-0.1, -0.05) is 6.42 Å². The zero-order valence-corrected chi connectivity index (χ0v) is 12.1.